The van der Waals surface area contributed by atoms with Gasteiger partial charge >= 0.3 is 0 Å². The number of aromatic nitrogens is 12. The quantitative estimate of drug-likeness (QED) is 0.0984. The predicted molar refractivity (Wildman–Crippen MR) is 575 cm³/mol. The van der Waals surface area contributed by atoms with Crippen molar-refractivity contribution in [1.82, 2.24) is 58.6 Å². The molecule has 24 aromatic rings. The number of hydrogen-bond acceptors (Lipinski definition) is 9. The fraction of sp³-hybridized carbons (Fsp3) is 0.0787. The number of benzene rings is 18. The zero-order valence-corrected chi connectivity index (χ0v) is 79.1. The molecule has 0 radical (unpaired) electrons. The molecule has 12 nitrogen and oxygen atoms in total. The highest BCUT2D eigenvalue weighted by molar-refractivity contribution is 6.14. The lowest BCUT2D eigenvalue weighted by Crippen LogP contribution is -2.01. The van der Waals surface area contributed by atoms with Crippen molar-refractivity contribution in [1.29, 1.82) is 0 Å². The summed E-state index contributed by atoms with van der Waals surface area (Å²) in [5, 5.41) is 7.02. The van der Waals surface area contributed by atoms with Gasteiger partial charge in [-0.2, -0.15) is 0 Å². The van der Waals surface area contributed by atoms with E-state index < -0.39 is 0 Å². The van der Waals surface area contributed by atoms with E-state index in [9.17, 15) is 0 Å². The molecule has 12 heteroatoms. The molecular weight excluding hydrogens is 1690 g/mol. The lowest BCUT2D eigenvalue weighted by Gasteiger charge is -2.11. The average Bonchev–Trinajstić information content (AvgIpc) is 1.60. The Morgan fingerprint density at radius 2 is 0.317 bits per heavy atom. The van der Waals surface area contributed by atoms with Crippen molar-refractivity contribution >= 4 is 65.4 Å². The Hall–Kier alpha value is -17.6. The van der Waals surface area contributed by atoms with Crippen molar-refractivity contribution in [3.63, 3.8) is 0 Å². The van der Waals surface area contributed by atoms with Gasteiger partial charge in [0.25, 0.3) is 0 Å². The second-order valence-electron chi connectivity index (χ2n) is 36.7. The first-order chi connectivity index (χ1) is 67.9. The van der Waals surface area contributed by atoms with Crippen LogP contribution in [0.2, 0.25) is 0 Å². The summed E-state index contributed by atoms with van der Waals surface area (Å²) in [4.78, 5) is 45.5. The van der Waals surface area contributed by atoms with Gasteiger partial charge in [0.15, 0.2) is 52.4 Å². The molecule has 0 aliphatic rings. The van der Waals surface area contributed by atoms with E-state index in [1.807, 2.05) is 0 Å². The van der Waals surface area contributed by atoms with Gasteiger partial charge < -0.3 is 13.7 Å². The van der Waals surface area contributed by atoms with E-state index in [0.717, 1.165) is 116 Å². The molecule has 0 saturated carbocycles. The highest BCUT2D eigenvalue weighted by Gasteiger charge is 2.24. The summed E-state index contributed by atoms with van der Waals surface area (Å²) in [6.07, 6.45) is 0. The molecule has 0 fully saturated rings. The highest BCUT2D eigenvalue weighted by Crippen LogP contribution is 2.43. The molecule has 0 aliphatic carbocycles. The number of rotatable bonds is 15. The Labute approximate surface area is 808 Å². The summed E-state index contributed by atoms with van der Waals surface area (Å²) in [5.41, 5.74) is 38.0. The molecule has 0 N–H and O–H groups in total. The zero-order valence-electron chi connectivity index (χ0n) is 79.1. The zero-order chi connectivity index (χ0) is 94.5. The molecule has 0 amide bonds. The van der Waals surface area contributed by atoms with Gasteiger partial charge in [0.1, 0.15) is 0 Å². The van der Waals surface area contributed by atoms with Crippen LogP contribution in [-0.2, 0) is 0 Å². The molecule has 0 bridgehead atoms. The maximum Gasteiger partial charge on any atom is 0.164 e. The van der Waals surface area contributed by atoms with Crippen LogP contribution in [0.15, 0.2) is 413 Å². The van der Waals surface area contributed by atoms with Crippen molar-refractivity contribution in [3.05, 3.63) is 468 Å². The summed E-state index contributed by atoms with van der Waals surface area (Å²) in [5.74, 6) is 6.00. The van der Waals surface area contributed by atoms with Crippen molar-refractivity contribution in [2.75, 3.05) is 0 Å². The molecule has 0 atom stereocenters. The third kappa shape index (κ3) is 17.7. The second-order valence-corrected chi connectivity index (χ2v) is 36.7. The number of nitrogens with zero attached hydrogens (tertiary/aromatic N) is 12. The summed E-state index contributed by atoms with van der Waals surface area (Å²) in [7, 11) is 0. The Bertz CT molecular complexity index is 8530. The molecule has 0 saturated heterocycles. The summed E-state index contributed by atoms with van der Waals surface area (Å²) in [6.45, 7) is 21.1. The minimum Gasteiger partial charge on any atom is -0.309 e. The first kappa shape index (κ1) is 86.8. The third-order valence-corrected chi connectivity index (χ3v) is 25.9. The minimum atomic E-state index is 0.651. The minimum absolute atomic E-state index is 0.651. The van der Waals surface area contributed by atoms with Gasteiger partial charge in [-0.15, -0.1) is 0 Å². The topological polar surface area (TPSA) is 131 Å². The number of para-hydroxylation sites is 3. The van der Waals surface area contributed by atoms with E-state index in [2.05, 4.69) is 495 Å². The molecule has 24 rings (SSSR count). The molecule has 6 heterocycles. The van der Waals surface area contributed by atoms with E-state index in [0.29, 0.717) is 52.4 Å². The largest absolute Gasteiger partial charge is 0.309 e. The monoisotopic (exact) mass is 1790 g/mol. The van der Waals surface area contributed by atoms with Crippen molar-refractivity contribution in [3.8, 4) is 153 Å². The third-order valence-electron chi connectivity index (χ3n) is 25.9. The Kier molecular flexibility index (Phi) is 23.1. The normalized spacial score (nSPS) is 11.4. The van der Waals surface area contributed by atoms with E-state index >= 15 is 0 Å². The van der Waals surface area contributed by atoms with Crippen LogP contribution in [0.5, 0.6) is 0 Å². The molecule has 18 aromatic carbocycles. The fourth-order valence-corrected chi connectivity index (χ4v) is 19.6. The molecule has 0 unspecified atom stereocenters. The SMILES string of the molecule is Cc1cc(C)cc(-c2nc(-c3cc(C)cc(C)c3)nc(-c3ccc4c(c3)c3cc(-c5ccccc5)ccc3n4-c3ccccc3)n2)c1.Cc1cc(C)cc(-c2nc(-c3cc(C)cc(C)c3)nc(-c3ccc4c(c3)c3ccccc3n4-c3ccc(-c4ccccc4)cc3)n2)c1.Cc1ccc(-c2nc(-c3ccc(C)cc3)nc(-c3ccc4c(c3)c3cc(-c5ccccc5)ccc3n4-c3ccccc3)n2)cc1. The smallest absolute Gasteiger partial charge is 0.164 e. The molecule has 0 spiro atoms. The van der Waals surface area contributed by atoms with Gasteiger partial charge in [-0.25, -0.2) is 44.9 Å². The van der Waals surface area contributed by atoms with E-state index in [4.69, 9.17) is 44.9 Å². The van der Waals surface area contributed by atoms with Crippen LogP contribution in [0.25, 0.3) is 218 Å². The number of hydrogen-bond donors (Lipinski definition) is 0. The molecular formula is C127H98N12. The Balaban J connectivity index is 0.000000120. The first-order valence-electron chi connectivity index (χ1n) is 47.3. The van der Waals surface area contributed by atoms with Crippen LogP contribution in [0.1, 0.15) is 55.6 Å². The van der Waals surface area contributed by atoms with Gasteiger partial charge in [0, 0.05) is 99.5 Å². The standard InChI is InChI=1S/2C43H34N4.C41H30N4/c1-27-19-28(2)22-34(21-27)42-44-41(45-43(46-42)35-23-29(3)20-30(4)24-35)33-16-18-40-38(26-33)37-25-32(31-11-7-5-8-12-31)15-17-39(37)47(40)36-13-9-6-10-14-36;1-27-20-28(2)23-34(22-27)42-44-41(45-43(46-42)35-24-29(3)21-30(4)25-35)33-16-19-40-38(26-33)37-12-8-9-13-39(37)47(40)36-17-14-32(15-18-36)31-10-6-5-7-11-31;1-27-13-17-30(18-14-27)39-42-40(31-19-15-28(2)16-20-31)44-41(43-39)33-22-24-38-36(26-33)35-25-32(29-9-5-3-6-10-29)21-23-37(35)45(38)34-11-7-4-8-12-34/h2*5-26H,1-4H3;3-26H,1-2H3. The van der Waals surface area contributed by atoms with Gasteiger partial charge in [0.05, 0.1) is 33.1 Å². The van der Waals surface area contributed by atoms with Gasteiger partial charge in [-0.3, -0.25) is 0 Å². The van der Waals surface area contributed by atoms with Crippen LogP contribution in [0.3, 0.4) is 0 Å². The maximum absolute atomic E-state index is 5.11. The lowest BCUT2D eigenvalue weighted by atomic mass is 10.0. The van der Waals surface area contributed by atoms with E-state index in [1.54, 1.807) is 0 Å². The average molecular weight is 1790 g/mol. The van der Waals surface area contributed by atoms with Crippen LogP contribution in [0.4, 0.5) is 0 Å². The molecule has 666 valence electrons. The Morgan fingerprint density at radius 3 is 0.612 bits per heavy atom. The first-order valence-corrected chi connectivity index (χ1v) is 47.3. The van der Waals surface area contributed by atoms with Crippen molar-refractivity contribution < 1.29 is 0 Å². The van der Waals surface area contributed by atoms with E-state index in [-0.39, 0.29) is 0 Å². The van der Waals surface area contributed by atoms with Crippen LogP contribution in [-0.4, -0.2) is 58.6 Å². The summed E-state index contributed by atoms with van der Waals surface area (Å²) in [6, 6.07) is 146. The predicted octanol–water partition coefficient (Wildman–Crippen LogP) is 32.0. The molecule has 6 aromatic heterocycles. The second kappa shape index (κ2) is 37.0. The lowest BCUT2D eigenvalue weighted by molar-refractivity contribution is 1.07. The Morgan fingerprint density at radius 1 is 0.122 bits per heavy atom. The highest BCUT2D eigenvalue weighted by atomic mass is 15.1. The maximum atomic E-state index is 5.11. The van der Waals surface area contributed by atoms with Crippen molar-refractivity contribution in [2.45, 2.75) is 69.2 Å². The van der Waals surface area contributed by atoms with Crippen LogP contribution >= 0.6 is 0 Å². The van der Waals surface area contributed by atoms with E-state index in [1.165, 1.54) is 105 Å². The van der Waals surface area contributed by atoms with Crippen molar-refractivity contribution in [2.24, 2.45) is 0 Å². The molecule has 139 heavy (non-hydrogen) atoms. The van der Waals surface area contributed by atoms with Gasteiger partial charge in [-0.1, -0.05) is 298 Å². The number of fused-ring (bicyclic) bond motifs is 9. The molecule has 0 aliphatic heterocycles. The van der Waals surface area contributed by atoms with Crippen LogP contribution in [0, 0.1) is 69.2 Å². The summed E-state index contributed by atoms with van der Waals surface area (Å²) < 4.78 is 7.03. The van der Waals surface area contributed by atoms with Crippen LogP contribution < -0.4 is 0 Å². The summed E-state index contributed by atoms with van der Waals surface area (Å²) >= 11 is 0. The number of aryl methyl sites for hydroxylation is 10. The fourth-order valence-electron chi connectivity index (χ4n) is 19.6. The van der Waals surface area contributed by atoms with Gasteiger partial charge in [0.2, 0.25) is 0 Å². The van der Waals surface area contributed by atoms with Gasteiger partial charge in [-0.05, 0) is 272 Å².